The fraction of sp³-hybridized carbons (Fsp3) is 0.310. The maximum atomic E-state index is 14.0. The number of carbonyl (C=O) groups excluding carboxylic acids is 2. The SMILES string of the molecule is Cc1c(Cl)cccc1N(CC(=O)N(Cc1ccc(Cl)cc1Cl)[C@@H](C)C(=O)NCC(C)C)S(=O)(=O)c1ccccc1. The van der Waals surface area contributed by atoms with Crippen LogP contribution >= 0.6 is 34.8 Å². The number of benzene rings is 3. The summed E-state index contributed by atoms with van der Waals surface area (Å²) in [7, 11) is -4.19. The van der Waals surface area contributed by atoms with E-state index < -0.39 is 28.5 Å². The van der Waals surface area contributed by atoms with Crippen LogP contribution < -0.4 is 9.62 Å². The number of sulfonamides is 1. The van der Waals surface area contributed by atoms with E-state index in [4.69, 9.17) is 34.8 Å². The van der Waals surface area contributed by atoms with Gasteiger partial charge in [0.15, 0.2) is 0 Å². The summed E-state index contributed by atoms with van der Waals surface area (Å²) in [5.41, 5.74) is 1.30. The number of rotatable bonds is 11. The van der Waals surface area contributed by atoms with E-state index in [0.717, 1.165) is 4.31 Å². The van der Waals surface area contributed by atoms with Gasteiger partial charge in [-0.3, -0.25) is 13.9 Å². The molecule has 1 N–H and O–H groups in total. The molecule has 1 atom stereocenters. The number of amides is 2. The third kappa shape index (κ3) is 7.69. The molecule has 7 nitrogen and oxygen atoms in total. The Balaban J connectivity index is 2.07. The number of anilines is 1. The van der Waals surface area contributed by atoms with Crippen molar-refractivity contribution < 1.29 is 18.0 Å². The summed E-state index contributed by atoms with van der Waals surface area (Å²) in [4.78, 5) is 28.4. The van der Waals surface area contributed by atoms with Crippen molar-refractivity contribution in [2.24, 2.45) is 5.92 Å². The minimum absolute atomic E-state index is 0.0113. The summed E-state index contributed by atoms with van der Waals surface area (Å²) in [5.74, 6) is -0.774. The van der Waals surface area contributed by atoms with Crippen LogP contribution in [0.25, 0.3) is 0 Å². The molecular formula is C29H32Cl3N3O4S. The second kappa shape index (κ2) is 13.7. The molecule has 11 heteroatoms. The molecule has 0 saturated carbocycles. The van der Waals surface area contributed by atoms with Gasteiger partial charge in [-0.15, -0.1) is 0 Å². The Morgan fingerprint density at radius 2 is 1.57 bits per heavy atom. The lowest BCUT2D eigenvalue weighted by molar-refractivity contribution is -0.139. The molecule has 0 spiro atoms. The first-order valence-electron chi connectivity index (χ1n) is 12.7. The molecule has 40 heavy (non-hydrogen) atoms. The number of halogens is 3. The molecule has 0 saturated heterocycles. The third-order valence-corrected chi connectivity index (χ3v) is 9.10. The van der Waals surface area contributed by atoms with Gasteiger partial charge in [0.1, 0.15) is 12.6 Å². The lowest BCUT2D eigenvalue weighted by Crippen LogP contribution is -2.51. The van der Waals surface area contributed by atoms with E-state index in [-0.39, 0.29) is 29.0 Å². The molecule has 0 bridgehead atoms. The van der Waals surface area contributed by atoms with E-state index in [1.807, 2.05) is 13.8 Å². The van der Waals surface area contributed by atoms with Gasteiger partial charge in [-0.25, -0.2) is 8.42 Å². The average molecular weight is 625 g/mol. The van der Waals surface area contributed by atoms with Gasteiger partial charge in [0, 0.05) is 28.2 Å². The van der Waals surface area contributed by atoms with Crippen molar-refractivity contribution in [3.05, 3.63) is 92.9 Å². The van der Waals surface area contributed by atoms with Crippen LogP contribution in [0.2, 0.25) is 15.1 Å². The van der Waals surface area contributed by atoms with Crippen LogP contribution in [-0.4, -0.2) is 44.3 Å². The lowest BCUT2D eigenvalue weighted by atomic mass is 10.1. The number of nitrogens with one attached hydrogen (secondary N) is 1. The maximum absolute atomic E-state index is 14.0. The molecule has 3 rings (SSSR count). The molecule has 0 aromatic heterocycles. The van der Waals surface area contributed by atoms with Gasteiger partial charge in [0.2, 0.25) is 11.8 Å². The highest BCUT2D eigenvalue weighted by atomic mass is 35.5. The average Bonchev–Trinajstić information content (AvgIpc) is 2.91. The quantitative estimate of drug-likeness (QED) is 0.270. The Morgan fingerprint density at radius 1 is 0.900 bits per heavy atom. The van der Waals surface area contributed by atoms with Gasteiger partial charge >= 0.3 is 0 Å². The molecule has 0 aliphatic heterocycles. The highest BCUT2D eigenvalue weighted by molar-refractivity contribution is 7.92. The Hall–Kier alpha value is -2.78. The molecule has 0 radical (unpaired) electrons. The number of hydrogen-bond donors (Lipinski definition) is 1. The number of hydrogen-bond acceptors (Lipinski definition) is 4. The standard InChI is InChI=1S/C29H32Cl3N3O4S/c1-19(2)16-33-29(37)21(4)34(17-22-13-14-23(30)15-26(22)32)28(36)18-35(27-12-8-11-25(31)20(27)3)40(38,39)24-9-6-5-7-10-24/h5-15,19,21H,16-18H2,1-4H3,(H,33,37)/t21-/m0/s1. The van der Waals surface area contributed by atoms with Crippen molar-refractivity contribution in [1.82, 2.24) is 10.2 Å². The highest BCUT2D eigenvalue weighted by Crippen LogP contribution is 2.31. The molecule has 0 unspecified atom stereocenters. The van der Waals surface area contributed by atoms with Gasteiger partial charge in [0.25, 0.3) is 10.0 Å². The monoisotopic (exact) mass is 623 g/mol. The van der Waals surface area contributed by atoms with Crippen molar-refractivity contribution in [1.29, 1.82) is 0 Å². The minimum Gasteiger partial charge on any atom is -0.354 e. The van der Waals surface area contributed by atoms with Gasteiger partial charge in [-0.1, -0.05) is 79.0 Å². The van der Waals surface area contributed by atoms with E-state index in [2.05, 4.69) is 5.32 Å². The van der Waals surface area contributed by atoms with Crippen molar-refractivity contribution in [3.63, 3.8) is 0 Å². The maximum Gasteiger partial charge on any atom is 0.264 e. The Bertz CT molecular complexity index is 1470. The molecule has 0 aliphatic carbocycles. The first-order valence-corrected chi connectivity index (χ1v) is 15.2. The first kappa shape index (κ1) is 31.7. The second-order valence-electron chi connectivity index (χ2n) is 9.78. The zero-order valence-electron chi connectivity index (χ0n) is 22.7. The third-order valence-electron chi connectivity index (χ3n) is 6.33. The van der Waals surface area contributed by atoms with E-state index in [1.165, 1.54) is 17.0 Å². The Kier molecular flexibility index (Phi) is 10.9. The fourth-order valence-corrected chi connectivity index (χ4v) is 6.10. The molecule has 3 aromatic rings. The number of carbonyl (C=O) groups is 2. The van der Waals surface area contributed by atoms with Gasteiger partial charge in [-0.2, -0.15) is 0 Å². The zero-order valence-corrected chi connectivity index (χ0v) is 25.8. The van der Waals surface area contributed by atoms with Crippen molar-refractivity contribution >= 4 is 62.3 Å². The van der Waals surface area contributed by atoms with Crippen LogP contribution in [0.15, 0.2) is 71.6 Å². The second-order valence-corrected chi connectivity index (χ2v) is 12.9. The first-order chi connectivity index (χ1) is 18.8. The minimum atomic E-state index is -4.19. The molecule has 0 heterocycles. The summed E-state index contributed by atoms with van der Waals surface area (Å²) in [5, 5.41) is 3.94. The van der Waals surface area contributed by atoms with Crippen molar-refractivity contribution in [2.45, 2.75) is 45.2 Å². The predicted molar refractivity (Wildman–Crippen MR) is 161 cm³/mol. The molecular weight excluding hydrogens is 593 g/mol. The topological polar surface area (TPSA) is 86.8 Å². The number of nitrogens with zero attached hydrogens (tertiary/aromatic N) is 2. The summed E-state index contributed by atoms with van der Waals surface area (Å²) < 4.78 is 28.8. The Morgan fingerprint density at radius 3 is 2.20 bits per heavy atom. The normalized spacial score (nSPS) is 12.2. The van der Waals surface area contributed by atoms with Crippen LogP contribution in [0.1, 0.15) is 31.9 Å². The molecule has 2 amide bonds. The van der Waals surface area contributed by atoms with Crippen molar-refractivity contribution in [2.75, 3.05) is 17.4 Å². The van der Waals surface area contributed by atoms with Crippen LogP contribution in [0.3, 0.4) is 0 Å². The summed E-state index contributed by atoms with van der Waals surface area (Å²) >= 11 is 18.8. The highest BCUT2D eigenvalue weighted by Gasteiger charge is 2.33. The van der Waals surface area contributed by atoms with Crippen molar-refractivity contribution in [3.8, 4) is 0 Å². The fourth-order valence-electron chi connectivity index (χ4n) is 3.97. The summed E-state index contributed by atoms with van der Waals surface area (Å²) in [6.07, 6.45) is 0. The molecule has 0 fully saturated rings. The van der Waals surface area contributed by atoms with Crippen LogP contribution in [0.5, 0.6) is 0 Å². The smallest absolute Gasteiger partial charge is 0.264 e. The predicted octanol–water partition coefficient (Wildman–Crippen LogP) is 6.34. The van der Waals surface area contributed by atoms with E-state index in [9.17, 15) is 18.0 Å². The van der Waals surface area contributed by atoms with E-state index in [1.54, 1.807) is 68.4 Å². The lowest BCUT2D eigenvalue weighted by Gasteiger charge is -2.32. The van der Waals surface area contributed by atoms with Crippen LogP contribution in [0.4, 0.5) is 5.69 Å². The summed E-state index contributed by atoms with van der Waals surface area (Å²) in [6, 6.07) is 16.6. The van der Waals surface area contributed by atoms with E-state index >= 15 is 0 Å². The zero-order chi connectivity index (χ0) is 29.6. The van der Waals surface area contributed by atoms with Gasteiger partial charge in [0.05, 0.1) is 10.6 Å². The molecule has 3 aromatic carbocycles. The summed E-state index contributed by atoms with van der Waals surface area (Å²) in [6.45, 7) is 7.00. The van der Waals surface area contributed by atoms with Gasteiger partial charge < -0.3 is 10.2 Å². The van der Waals surface area contributed by atoms with Crippen LogP contribution in [0, 0.1) is 12.8 Å². The largest absolute Gasteiger partial charge is 0.354 e. The van der Waals surface area contributed by atoms with Gasteiger partial charge in [-0.05, 0) is 67.3 Å². The van der Waals surface area contributed by atoms with Crippen LogP contribution in [-0.2, 0) is 26.2 Å². The Labute approximate surface area is 251 Å². The van der Waals surface area contributed by atoms with E-state index in [0.29, 0.717) is 32.7 Å². The molecule has 214 valence electrons. The molecule has 0 aliphatic rings.